The zero-order valence-electron chi connectivity index (χ0n) is 19.1. The van der Waals surface area contributed by atoms with E-state index in [2.05, 4.69) is 30.6 Å². The fourth-order valence-electron chi connectivity index (χ4n) is 4.13. The van der Waals surface area contributed by atoms with Crippen molar-refractivity contribution in [3.8, 4) is 0 Å². The summed E-state index contributed by atoms with van der Waals surface area (Å²) in [6.45, 7) is 0.413. The number of nitrogens with zero attached hydrogens (tertiary/aromatic N) is 3. The number of aromatic nitrogens is 4. The predicted molar refractivity (Wildman–Crippen MR) is 134 cm³/mol. The highest BCUT2D eigenvalue weighted by Crippen LogP contribution is 2.30. The van der Waals surface area contributed by atoms with Crippen molar-refractivity contribution < 1.29 is 19.4 Å². The quantitative estimate of drug-likeness (QED) is 0.279. The lowest BCUT2D eigenvalue weighted by molar-refractivity contribution is -0.0224. The van der Waals surface area contributed by atoms with E-state index in [1.54, 1.807) is 36.7 Å². The van der Waals surface area contributed by atoms with Crippen molar-refractivity contribution in [2.24, 2.45) is 0 Å². The molecule has 1 fully saturated rings. The van der Waals surface area contributed by atoms with Gasteiger partial charge >= 0.3 is 0 Å². The van der Waals surface area contributed by atoms with Gasteiger partial charge in [0.25, 0.3) is 5.91 Å². The summed E-state index contributed by atoms with van der Waals surface area (Å²) in [5.41, 5.74) is 2.01. The van der Waals surface area contributed by atoms with Gasteiger partial charge in [0, 0.05) is 29.8 Å². The summed E-state index contributed by atoms with van der Waals surface area (Å²) in [5.74, 6) is -0.133. The van der Waals surface area contributed by atoms with Gasteiger partial charge in [0.2, 0.25) is 0 Å². The van der Waals surface area contributed by atoms with Gasteiger partial charge in [0.1, 0.15) is 17.8 Å². The monoisotopic (exact) mass is 506 g/mol. The number of ether oxygens (including phenoxy) is 1. The maximum atomic E-state index is 13.5. The number of benzene rings is 1. The van der Waals surface area contributed by atoms with Crippen LogP contribution in [0.4, 0.5) is 11.5 Å². The van der Waals surface area contributed by atoms with Gasteiger partial charge in [-0.1, -0.05) is 11.6 Å². The molecule has 11 heteroatoms. The van der Waals surface area contributed by atoms with Crippen molar-refractivity contribution in [2.45, 2.75) is 25.0 Å². The average Bonchev–Trinajstić information content (AvgIpc) is 3.35. The van der Waals surface area contributed by atoms with Crippen LogP contribution < -0.4 is 10.6 Å². The summed E-state index contributed by atoms with van der Waals surface area (Å²) in [4.78, 5) is 41.5. The number of fused-ring (bicyclic) bond motifs is 1. The lowest BCUT2D eigenvalue weighted by Crippen LogP contribution is -2.36. The minimum atomic E-state index is -0.334. The zero-order valence-corrected chi connectivity index (χ0v) is 19.8. The Balaban J connectivity index is 1.38. The number of aliphatic hydroxyl groups is 1. The molecule has 1 amide bonds. The fourth-order valence-corrected chi connectivity index (χ4v) is 4.40. The van der Waals surface area contributed by atoms with Crippen LogP contribution in [0.15, 0.2) is 55.2 Å². The largest absolute Gasteiger partial charge is 0.394 e. The van der Waals surface area contributed by atoms with Crippen molar-refractivity contribution in [3.63, 3.8) is 0 Å². The third kappa shape index (κ3) is 4.92. The number of nitrogens with one attached hydrogen (secondary N) is 3. The molecule has 4 N–H and O–H groups in total. The Morgan fingerprint density at radius 2 is 2.08 bits per heavy atom. The van der Waals surface area contributed by atoms with E-state index in [9.17, 15) is 14.7 Å². The molecule has 0 bridgehead atoms. The van der Waals surface area contributed by atoms with E-state index in [0.29, 0.717) is 40.3 Å². The van der Waals surface area contributed by atoms with E-state index in [0.717, 1.165) is 12.8 Å². The molecule has 2 atom stereocenters. The Labute approximate surface area is 211 Å². The molecule has 1 aromatic carbocycles. The molecule has 1 saturated heterocycles. The van der Waals surface area contributed by atoms with Gasteiger partial charge < -0.3 is 25.5 Å². The molecular formula is C25H23ClN6O4. The van der Waals surface area contributed by atoms with Gasteiger partial charge in [-0.2, -0.15) is 0 Å². The van der Waals surface area contributed by atoms with Crippen LogP contribution in [0.1, 0.15) is 39.1 Å². The van der Waals surface area contributed by atoms with Crippen LogP contribution in [0.3, 0.4) is 0 Å². The number of halogens is 1. The van der Waals surface area contributed by atoms with E-state index >= 15 is 0 Å². The fraction of sp³-hybridized carbons (Fsp3) is 0.240. The number of anilines is 2. The Hall–Kier alpha value is -3.86. The number of pyridine rings is 1. The molecule has 1 aliphatic heterocycles. The Morgan fingerprint density at radius 1 is 1.19 bits per heavy atom. The van der Waals surface area contributed by atoms with Gasteiger partial charge in [-0.3, -0.25) is 14.6 Å². The zero-order chi connectivity index (χ0) is 25.1. The van der Waals surface area contributed by atoms with Crippen molar-refractivity contribution in [1.29, 1.82) is 0 Å². The SMILES string of the molecule is O=C(Nc1ccc(C(=O)c2c[nH]c3ncnc(N[C@H]4CC[C@@H](CO)OC4)c23)c(Cl)c1)c1cccnc1. The standard InChI is InChI=1S/C25H23ClN6O4/c26-20-8-15(32-25(35)14-2-1-7-27-9-14)4-6-18(20)22(34)19-10-28-23-21(19)24(30-13-29-23)31-16-3-5-17(11-33)36-12-16/h1-2,4,6-10,13,16-17,33H,3,5,11-12H2,(H,32,35)(H2,28,29,30,31)/t16-,17-/m0/s1. The molecule has 0 saturated carbocycles. The maximum absolute atomic E-state index is 13.5. The van der Waals surface area contributed by atoms with Crippen LogP contribution in [-0.2, 0) is 4.74 Å². The van der Waals surface area contributed by atoms with Gasteiger partial charge in [-0.15, -0.1) is 0 Å². The average molecular weight is 507 g/mol. The highest BCUT2D eigenvalue weighted by molar-refractivity contribution is 6.36. The van der Waals surface area contributed by atoms with E-state index < -0.39 is 0 Å². The summed E-state index contributed by atoms with van der Waals surface area (Å²) >= 11 is 6.47. The first-order chi connectivity index (χ1) is 17.5. The van der Waals surface area contributed by atoms with E-state index in [1.807, 2.05) is 0 Å². The van der Waals surface area contributed by atoms with Crippen LogP contribution in [0, 0.1) is 0 Å². The van der Waals surface area contributed by atoms with Crippen LogP contribution in [0.2, 0.25) is 5.02 Å². The summed E-state index contributed by atoms with van der Waals surface area (Å²) in [5, 5.41) is 16.1. The van der Waals surface area contributed by atoms with Crippen LogP contribution >= 0.6 is 11.6 Å². The van der Waals surface area contributed by atoms with E-state index in [-0.39, 0.29) is 41.0 Å². The van der Waals surface area contributed by atoms with Crippen molar-refractivity contribution in [3.05, 3.63) is 77.0 Å². The van der Waals surface area contributed by atoms with E-state index in [1.165, 1.54) is 18.6 Å². The van der Waals surface area contributed by atoms with Gasteiger partial charge in [0.15, 0.2) is 5.78 Å². The number of aromatic amines is 1. The molecule has 36 heavy (non-hydrogen) atoms. The molecule has 1 aliphatic rings. The molecule has 5 rings (SSSR count). The van der Waals surface area contributed by atoms with Crippen LogP contribution in [0.5, 0.6) is 0 Å². The number of carbonyl (C=O) groups is 2. The summed E-state index contributed by atoms with van der Waals surface area (Å²) in [7, 11) is 0. The molecule has 0 unspecified atom stereocenters. The van der Waals surface area contributed by atoms with Crippen LogP contribution in [0.25, 0.3) is 11.0 Å². The van der Waals surface area contributed by atoms with Crippen LogP contribution in [-0.4, -0.2) is 62.1 Å². The molecule has 184 valence electrons. The lowest BCUT2D eigenvalue weighted by Gasteiger charge is -2.29. The number of H-pyrrole nitrogens is 1. The summed E-state index contributed by atoms with van der Waals surface area (Å²) < 4.78 is 5.65. The molecule has 4 aromatic rings. The predicted octanol–water partition coefficient (Wildman–Crippen LogP) is 3.44. The second-order valence-electron chi connectivity index (χ2n) is 8.42. The molecule has 0 aliphatic carbocycles. The third-order valence-electron chi connectivity index (χ3n) is 6.02. The topological polar surface area (TPSA) is 142 Å². The summed E-state index contributed by atoms with van der Waals surface area (Å²) in [6, 6.07) is 8.03. The number of rotatable bonds is 7. The second kappa shape index (κ2) is 10.4. The Bertz CT molecular complexity index is 1400. The number of carbonyl (C=O) groups excluding carboxylic acids is 2. The second-order valence-corrected chi connectivity index (χ2v) is 8.83. The van der Waals surface area contributed by atoms with Crippen molar-refractivity contribution in [2.75, 3.05) is 23.8 Å². The molecule has 4 heterocycles. The lowest BCUT2D eigenvalue weighted by atomic mass is 10.0. The van der Waals surface area contributed by atoms with Crippen molar-refractivity contribution >= 4 is 45.8 Å². The smallest absolute Gasteiger partial charge is 0.257 e. The summed E-state index contributed by atoms with van der Waals surface area (Å²) in [6.07, 6.45) is 7.41. The minimum Gasteiger partial charge on any atom is -0.394 e. The van der Waals surface area contributed by atoms with Gasteiger partial charge in [-0.25, -0.2) is 9.97 Å². The molecule has 10 nitrogen and oxygen atoms in total. The first kappa shape index (κ1) is 23.9. The molecule has 0 radical (unpaired) electrons. The van der Waals surface area contributed by atoms with E-state index in [4.69, 9.17) is 16.3 Å². The first-order valence-electron chi connectivity index (χ1n) is 11.4. The Kier molecular flexibility index (Phi) is 6.90. The third-order valence-corrected chi connectivity index (χ3v) is 6.34. The number of hydrogen-bond donors (Lipinski definition) is 4. The normalized spacial score (nSPS) is 17.6. The van der Waals surface area contributed by atoms with Crippen molar-refractivity contribution in [1.82, 2.24) is 19.9 Å². The highest BCUT2D eigenvalue weighted by atomic mass is 35.5. The van der Waals surface area contributed by atoms with Gasteiger partial charge in [-0.05, 0) is 43.2 Å². The molecule has 3 aromatic heterocycles. The number of ketones is 1. The number of hydrogen-bond acceptors (Lipinski definition) is 8. The number of aliphatic hydroxyl groups excluding tert-OH is 1. The molecule has 0 spiro atoms. The maximum Gasteiger partial charge on any atom is 0.257 e. The highest BCUT2D eigenvalue weighted by Gasteiger charge is 2.25. The Morgan fingerprint density at radius 3 is 2.81 bits per heavy atom. The first-order valence-corrected chi connectivity index (χ1v) is 11.8. The minimum absolute atomic E-state index is 0.00632. The number of amides is 1. The molecular weight excluding hydrogens is 484 g/mol. The van der Waals surface area contributed by atoms with Gasteiger partial charge in [0.05, 0.1) is 46.9 Å².